The molecule has 2 N–H and O–H groups in total. The topological polar surface area (TPSA) is 66.4 Å². The summed E-state index contributed by atoms with van der Waals surface area (Å²) in [5, 5.41) is 12.2. The first-order valence-corrected chi connectivity index (χ1v) is 9.03. The summed E-state index contributed by atoms with van der Waals surface area (Å²) in [7, 11) is 0. The smallest absolute Gasteiger partial charge is 0.326 e. The summed E-state index contributed by atoms with van der Waals surface area (Å²) in [5.74, 6) is -0.404. The van der Waals surface area contributed by atoms with Gasteiger partial charge < -0.3 is 10.4 Å². The van der Waals surface area contributed by atoms with Crippen LogP contribution in [0.3, 0.4) is 0 Å². The van der Waals surface area contributed by atoms with Gasteiger partial charge in [0.15, 0.2) is 0 Å². The monoisotopic (exact) mass is 419 g/mol. The van der Waals surface area contributed by atoms with Gasteiger partial charge in [0.2, 0.25) is 5.91 Å². The minimum absolute atomic E-state index is 0. The predicted molar refractivity (Wildman–Crippen MR) is 99.4 cm³/mol. The third-order valence-electron chi connectivity index (χ3n) is 3.57. The fourth-order valence-corrected chi connectivity index (χ4v) is 3.10. The summed E-state index contributed by atoms with van der Waals surface area (Å²) in [6, 6.07) is 8.42. The van der Waals surface area contributed by atoms with Gasteiger partial charge in [-0.25, -0.2) is 4.79 Å². The quantitative estimate of drug-likeness (QED) is 0.253. The Bertz CT molecular complexity index is 488. The van der Waals surface area contributed by atoms with Gasteiger partial charge in [0.1, 0.15) is 6.04 Å². The van der Waals surface area contributed by atoms with Crippen LogP contribution >= 0.6 is 25.3 Å². The van der Waals surface area contributed by atoms with Crippen LogP contribution < -0.4 is 5.32 Å². The summed E-state index contributed by atoms with van der Waals surface area (Å²) in [4.78, 5) is 23.2. The predicted octanol–water partition coefficient (Wildman–Crippen LogP) is 2.97. The number of carbonyl (C=O) groups excluding carboxylic acids is 1. The number of benzene rings is 1. The molecule has 0 aromatic heterocycles. The molecule has 7 heteroatoms. The van der Waals surface area contributed by atoms with Crippen molar-refractivity contribution in [3.63, 3.8) is 0 Å². The fourth-order valence-electron chi connectivity index (χ4n) is 2.28. The van der Waals surface area contributed by atoms with E-state index in [1.54, 1.807) is 0 Å². The van der Waals surface area contributed by atoms with Crippen molar-refractivity contribution in [3.05, 3.63) is 35.9 Å². The molecule has 24 heavy (non-hydrogen) atoms. The molecular weight excluding hydrogens is 396 g/mol. The molecule has 1 aromatic carbocycles. The molecule has 0 aliphatic rings. The van der Waals surface area contributed by atoms with Crippen molar-refractivity contribution in [1.82, 2.24) is 5.32 Å². The molecule has 1 unspecified atom stereocenters. The van der Waals surface area contributed by atoms with Gasteiger partial charge in [0.05, 0.1) is 0 Å². The van der Waals surface area contributed by atoms with Crippen LogP contribution in [-0.2, 0) is 35.5 Å². The maximum atomic E-state index is 11.9. The Labute approximate surface area is 167 Å². The molecule has 130 valence electrons. The molecule has 1 aromatic rings. The van der Waals surface area contributed by atoms with Crippen LogP contribution in [0, 0.1) is 0 Å². The number of hydrogen-bond donors (Lipinski definition) is 4. The van der Waals surface area contributed by atoms with Crippen LogP contribution in [-0.4, -0.2) is 34.0 Å². The third kappa shape index (κ3) is 10.4. The average Bonchev–Trinajstić information content (AvgIpc) is 2.52. The van der Waals surface area contributed by atoms with Gasteiger partial charge in [-0.3, -0.25) is 4.79 Å². The number of thiol groups is 2. The molecule has 0 saturated carbocycles. The van der Waals surface area contributed by atoms with Crippen LogP contribution in [0.1, 0.15) is 37.7 Å². The van der Waals surface area contributed by atoms with Gasteiger partial charge in [-0.15, -0.1) is 0 Å². The zero-order chi connectivity index (χ0) is 17.1. The molecule has 1 amide bonds. The van der Waals surface area contributed by atoms with Crippen molar-refractivity contribution in [1.29, 1.82) is 0 Å². The van der Waals surface area contributed by atoms with Crippen molar-refractivity contribution in [2.75, 3.05) is 5.75 Å². The number of hydrogen-bond acceptors (Lipinski definition) is 4. The second-order valence-corrected chi connectivity index (χ2v) is 6.74. The Kier molecular flexibility index (Phi) is 13.4. The standard InChI is InChI=1S/C17H25NO3S2.Zn/c19-16(9-5-4-8-14(23)10-11-22)18-15(17(20)21)12-13-6-2-1-3-7-13;/h1-3,6-7,14-15,22-23H,4-5,8-12H2,(H,18,19)(H,20,21);/t14?,15-;/m0./s1. The molecule has 2 atom stereocenters. The number of carboxylic acids is 1. The summed E-state index contributed by atoms with van der Waals surface area (Å²) in [6.45, 7) is 0. The van der Waals surface area contributed by atoms with E-state index in [9.17, 15) is 14.7 Å². The first-order valence-electron chi connectivity index (χ1n) is 7.88. The van der Waals surface area contributed by atoms with Crippen LogP contribution in [0.25, 0.3) is 0 Å². The first kappa shape index (κ1) is 23.5. The zero-order valence-electron chi connectivity index (χ0n) is 13.9. The number of nitrogens with one attached hydrogen (secondary N) is 1. The number of aliphatic carboxylic acids is 1. The van der Waals surface area contributed by atoms with Crippen LogP contribution in [0.15, 0.2) is 30.3 Å². The Morgan fingerprint density at radius 3 is 2.38 bits per heavy atom. The summed E-state index contributed by atoms with van der Waals surface area (Å²) in [5.41, 5.74) is 0.893. The SMILES string of the molecule is O=C(CCCCC(S)CCS)N[C@@H](Cc1ccccc1)C(=O)O.[Zn]. The van der Waals surface area contributed by atoms with E-state index in [2.05, 4.69) is 30.6 Å². The van der Waals surface area contributed by atoms with Gasteiger partial charge >= 0.3 is 5.97 Å². The van der Waals surface area contributed by atoms with E-state index in [-0.39, 0.29) is 25.4 Å². The Morgan fingerprint density at radius 1 is 1.12 bits per heavy atom. The molecule has 4 nitrogen and oxygen atoms in total. The molecule has 1 rings (SSSR count). The molecule has 0 bridgehead atoms. The normalized spacial score (nSPS) is 12.8. The fraction of sp³-hybridized carbons (Fsp3) is 0.529. The minimum atomic E-state index is -1.01. The first-order chi connectivity index (χ1) is 11.0. The van der Waals surface area contributed by atoms with Crippen molar-refractivity contribution in [3.8, 4) is 0 Å². The maximum absolute atomic E-state index is 11.9. The molecule has 0 aliphatic heterocycles. The Balaban J connectivity index is 0.00000529. The average molecular weight is 421 g/mol. The Hall–Kier alpha value is -0.517. The number of rotatable bonds is 11. The van der Waals surface area contributed by atoms with Gasteiger partial charge in [0.25, 0.3) is 0 Å². The van der Waals surface area contributed by atoms with E-state index in [1.807, 2.05) is 30.3 Å². The number of amides is 1. The minimum Gasteiger partial charge on any atom is -0.480 e. The van der Waals surface area contributed by atoms with Gasteiger partial charge in [-0.1, -0.05) is 36.8 Å². The van der Waals surface area contributed by atoms with Crippen molar-refractivity contribution in [2.24, 2.45) is 0 Å². The van der Waals surface area contributed by atoms with Crippen molar-refractivity contribution in [2.45, 2.75) is 49.8 Å². The molecule has 0 fully saturated rings. The number of carbonyl (C=O) groups is 2. The van der Waals surface area contributed by atoms with Crippen LogP contribution in [0.5, 0.6) is 0 Å². The van der Waals surface area contributed by atoms with Crippen LogP contribution in [0.2, 0.25) is 0 Å². The van der Waals surface area contributed by atoms with Gasteiger partial charge in [-0.2, -0.15) is 25.3 Å². The van der Waals surface area contributed by atoms with E-state index >= 15 is 0 Å². The van der Waals surface area contributed by atoms with Gasteiger partial charge in [0, 0.05) is 37.6 Å². The second-order valence-electron chi connectivity index (χ2n) is 5.56. The van der Waals surface area contributed by atoms with Gasteiger partial charge in [-0.05, 0) is 30.6 Å². The summed E-state index contributed by atoms with van der Waals surface area (Å²) < 4.78 is 0. The van der Waals surface area contributed by atoms with E-state index in [1.165, 1.54) is 0 Å². The molecular formula is C17H25NO3S2Zn. The van der Waals surface area contributed by atoms with E-state index in [0.29, 0.717) is 18.1 Å². The van der Waals surface area contributed by atoms with E-state index in [4.69, 9.17) is 0 Å². The number of carboxylic acid groups (broad SMARTS) is 1. The zero-order valence-corrected chi connectivity index (χ0v) is 18.6. The van der Waals surface area contributed by atoms with Crippen molar-refractivity contribution >= 4 is 37.1 Å². The largest absolute Gasteiger partial charge is 0.480 e. The second kappa shape index (κ2) is 13.7. The summed E-state index contributed by atoms with van der Waals surface area (Å²) >= 11 is 8.61. The maximum Gasteiger partial charge on any atom is 0.326 e. The summed E-state index contributed by atoms with van der Waals surface area (Å²) in [6.07, 6.45) is 4.20. The van der Waals surface area contributed by atoms with Crippen LogP contribution in [0.4, 0.5) is 0 Å². The Morgan fingerprint density at radius 2 is 1.79 bits per heavy atom. The molecule has 0 heterocycles. The number of unbranched alkanes of at least 4 members (excludes halogenated alkanes) is 1. The molecule has 0 aliphatic carbocycles. The van der Waals surface area contributed by atoms with Crippen molar-refractivity contribution < 1.29 is 34.2 Å². The van der Waals surface area contributed by atoms with E-state index in [0.717, 1.165) is 37.0 Å². The van der Waals surface area contributed by atoms with E-state index < -0.39 is 12.0 Å². The molecule has 0 spiro atoms. The third-order valence-corrected chi connectivity index (χ3v) is 4.34. The molecule has 0 saturated heterocycles. The molecule has 0 radical (unpaired) electrons.